The van der Waals surface area contributed by atoms with Crippen molar-refractivity contribution in [1.29, 1.82) is 0 Å². The van der Waals surface area contributed by atoms with Gasteiger partial charge in [-0.05, 0) is 57.9 Å². The van der Waals surface area contributed by atoms with E-state index < -0.39 is 0 Å². The van der Waals surface area contributed by atoms with Crippen LogP contribution in [0.3, 0.4) is 0 Å². The molecule has 0 radical (unpaired) electrons. The number of benzene rings is 2. The second-order valence-electron chi connectivity index (χ2n) is 4.22. The number of methoxy groups -OCH3 is 1. The molecule has 0 aliphatic rings. The topological polar surface area (TPSA) is 38.3 Å². The number of hydrogen-bond acceptors (Lipinski definition) is 2. The van der Waals surface area contributed by atoms with E-state index in [1.165, 1.54) is 6.08 Å². The number of rotatable bonds is 4. The highest BCUT2D eigenvalue weighted by Crippen LogP contribution is 2.26. The molecule has 0 saturated heterocycles. The van der Waals surface area contributed by atoms with Gasteiger partial charge in [-0.25, -0.2) is 0 Å². The van der Waals surface area contributed by atoms with Gasteiger partial charge < -0.3 is 10.1 Å². The van der Waals surface area contributed by atoms with Crippen LogP contribution in [0.2, 0.25) is 0 Å². The summed E-state index contributed by atoms with van der Waals surface area (Å²) in [5, 5.41) is 2.81. The van der Waals surface area contributed by atoms with Gasteiger partial charge in [-0.3, -0.25) is 4.79 Å². The maximum Gasteiger partial charge on any atom is 0.248 e. The van der Waals surface area contributed by atoms with Gasteiger partial charge in [0.2, 0.25) is 5.91 Å². The Bertz CT molecular complexity index is 666. The summed E-state index contributed by atoms with van der Waals surface area (Å²) in [6.45, 7) is 0. The van der Waals surface area contributed by atoms with Gasteiger partial charge in [0.15, 0.2) is 0 Å². The molecule has 0 atom stereocenters. The van der Waals surface area contributed by atoms with Gasteiger partial charge in [0, 0.05) is 15.0 Å². The summed E-state index contributed by atoms with van der Waals surface area (Å²) in [5.41, 5.74) is 1.66. The number of hydrogen-bond donors (Lipinski definition) is 1. The molecule has 0 bridgehead atoms. The summed E-state index contributed by atoms with van der Waals surface area (Å²) in [6.07, 6.45) is 3.25. The minimum atomic E-state index is -0.186. The summed E-state index contributed by atoms with van der Waals surface area (Å²) >= 11 is 6.77. The lowest BCUT2D eigenvalue weighted by atomic mass is 10.2. The highest BCUT2D eigenvalue weighted by molar-refractivity contribution is 9.11. The van der Waals surface area contributed by atoms with Crippen LogP contribution in [-0.2, 0) is 4.79 Å². The van der Waals surface area contributed by atoms with Crippen molar-refractivity contribution in [3.8, 4) is 5.75 Å². The Labute approximate surface area is 140 Å². The zero-order chi connectivity index (χ0) is 15.2. The fourth-order valence-electron chi connectivity index (χ4n) is 1.65. The predicted molar refractivity (Wildman–Crippen MR) is 92.5 cm³/mol. The molecule has 0 heterocycles. The summed E-state index contributed by atoms with van der Waals surface area (Å²) in [5.74, 6) is 0.601. The quantitative estimate of drug-likeness (QED) is 0.730. The Kier molecular flexibility index (Phi) is 5.59. The first kappa shape index (κ1) is 15.8. The highest BCUT2D eigenvalue weighted by Gasteiger charge is 2.03. The summed E-state index contributed by atoms with van der Waals surface area (Å²) < 4.78 is 6.85. The molecule has 0 spiro atoms. The average Bonchev–Trinajstić information content (AvgIpc) is 2.48. The molecule has 5 heteroatoms. The van der Waals surface area contributed by atoms with E-state index in [0.717, 1.165) is 25.9 Å². The Morgan fingerprint density at radius 2 is 1.86 bits per heavy atom. The standard InChI is InChI=1S/C16H13Br2NO2/c1-21-13-6-2-11(3-7-13)4-9-16(20)19-15-8-5-12(17)10-14(15)18/h2-10H,1H3,(H,19,20)/b9-4-. The van der Waals surface area contributed by atoms with E-state index in [1.54, 1.807) is 13.2 Å². The van der Waals surface area contributed by atoms with Crippen LogP contribution in [0.5, 0.6) is 5.75 Å². The summed E-state index contributed by atoms with van der Waals surface area (Å²) in [7, 11) is 1.62. The third-order valence-corrected chi connectivity index (χ3v) is 3.88. The molecular weight excluding hydrogens is 398 g/mol. The number of carbonyl (C=O) groups is 1. The van der Waals surface area contributed by atoms with Crippen molar-refractivity contribution in [2.24, 2.45) is 0 Å². The van der Waals surface area contributed by atoms with E-state index in [4.69, 9.17) is 4.74 Å². The minimum absolute atomic E-state index is 0.186. The molecule has 1 amide bonds. The van der Waals surface area contributed by atoms with Crippen molar-refractivity contribution in [3.63, 3.8) is 0 Å². The van der Waals surface area contributed by atoms with E-state index in [-0.39, 0.29) is 5.91 Å². The molecule has 0 aliphatic carbocycles. The maximum atomic E-state index is 11.9. The number of halogens is 2. The van der Waals surface area contributed by atoms with Crippen molar-refractivity contribution >= 4 is 49.5 Å². The number of amides is 1. The largest absolute Gasteiger partial charge is 0.497 e. The van der Waals surface area contributed by atoms with E-state index in [2.05, 4.69) is 37.2 Å². The minimum Gasteiger partial charge on any atom is -0.497 e. The highest BCUT2D eigenvalue weighted by atomic mass is 79.9. The van der Waals surface area contributed by atoms with Crippen LogP contribution in [0.15, 0.2) is 57.5 Å². The van der Waals surface area contributed by atoms with Gasteiger partial charge in [0.25, 0.3) is 0 Å². The molecule has 2 rings (SSSR count). The third-order valence-electron chi connectivity index (χ3n) is 2.73. The van der Waals surface area contributed by atoms with E-state index in [9.17, 15) is 4.79 Å². The fraction of sp³-hybridized carbons (Fsp3) is 0.0625. The van der Waals surface area contributed by atoms with Crippen LogP contribution in [0.25, 0.3) is 6.08 Å². The molecule has 2 aromatic carbocycles. The molecular formula is C16H13Br2NO2. The van der Waals surface area contributed by atoms with Crippen LogP contribution in [0.1, 0.15) is 5.56 Å². The molecule has 21 heavy (non-hydrogen) atoms. The van der Waals surface area contributed by atoms with Gasteiger partial charge in [-0.2, -0.15) is 0 Å². The van der Waals surface area contributed by atoms with E-state index in [1.807, 2.05) is 42.5 Å². The van der Waals surface area contributed by atoms with Crippen molar-refractivity contribution in [2.45, 2.75) is 0 Å². The Balaban J connectivity index is 2.01. The zero-order valence-electron chi connectivity index (χ0n) is 11.3. The lowest BCUT2D eigenvalue weighted by molar-refractivity contribution is -0.111. The van der Waals surface area contributed by atoms with Crippen LogP contribution >= 0.6 is 31.9 Å². The fourth-order valence-corrected chi connectivity index (χ4v) is 2.80. The zero-order valence-corrected chi connectivity index (χ0v) is 14.4. The van der Waals surface area contributed by atoms with Crippen molar-refractivity contribution < 1.29 is 9.53 Å². The predicted octanol–water partition coefficient (Wildman–Crippen LogP) is 4.87. The molecule has 2 aromatic rings. The molecule has 0 aromatic heterocycles. The number of nitrogens with one attached hydrogen (secondary N) is 1. The van der Waals surface area contributed by atoms with Crippen LogP contribution in [0, 0.1) is 0 Å². The Hall–Kier alpha value is -1.59. The lowest BCUT2D eigenvalue weighted by Gasteiger charge is -2.05. The first-order valence-corrected chi connectivity index (χ1v) is 7.75. The molecule has 1 N–H and O–H groups in total. The second-order valence-corrected chi connectivity index (χ2v) is 5.99. The van der Waals surface area contributed by atoms with E-state index in [0.29, 0.717) is 0 Å². The molecule has 0 saturated carbocycles. The first-order chi connectivity index (χ1) is 10.1. The molecule has 0 aliphatic heterocycles. The number of anilines is 1. The van der Waals surface area contributed by atoms with Crippen molar-refractivity contribution in [1.82, 2.24) is 0 Å². The second kappa shape index (κ2) is 7.43. The molecule has 108 valence electrons. The summed E-state index contributed by atoms with van der Waals surface area (Å²) in [6, 6.07) is 13.0. The third kappa shape index (κ3) is 4.72. The van der Waals surface area contributed by atoms with Crippen molar-refractivity contribution in [3.05, 3.63) is 63.0 Å². The molecule has 0 fully saturated rings. The normalized spacial score (nSPS) is 10.6. The average molecular weight is 411 g/mol. The number of carbonyl (C=O) groups excluding carboxylic acids is 1. The first-order valence-electron chi connectivity index (χ1n) is 6.16. The van der Waals surface area contributed by atoms with Crippen LogP contribution in [0.4, 0.5) is 5.69 Å². The lowest BCUT2D eigenvalue weighted by Crippen LogP contribution is -2.08. The van der Waals surface area contributed by atoms with Gasteiger partial charge in [-0.15, -0.1) is 0 Å². The van der Waals surface area contributed by atoms with Crippen LogP contribution in [-0.4, -0.2) is 13.0 Å². The van der Waals surface area contributed by atoms with Gasteiger partial charge in [0.05, 0.1) is 12.8 Å². The number of ether oxygens (including phenoxy) is 1. The Morgan fingerprint density at radius 3 is 2.48 bits per heavy atom. The summed E-state index contributed by atoms with van der Waals surface area (Å²) in [4.78, 5) is 11.9. The Morgan fingerprint density at radius 1 is 1.14 bits per heavy atom. The van der Waals surface area contributed by atoms with Crippen molar-refractivity contribution in [2.75, 3.05) is 12.4 Å². The van der Waals surface area contributed by atoms with Gasteiger partial charge in [0.1, 0.15) is 5.75 Å². The smallest absolute Gasteiger partial charge is 0.248 e. The van der Waals surface area contributed by atoms with Crippen LogP contribution < -0.4 is 10.1 Å². The molecule has 3 nitrogen and oxygen atoms in total. The maximum absolute atomic E-state index is 11.9. The van der Waals surface area contributed by atoms with Gasteiger partial charge >= 0.3 is 0 Å². The van der Waals surface area contributed by atoms with E-state index >= 15 is 0 Å². The molecule has 0 unspecified atom stereocenters. The monoisotopic (exact) mass is 409 g/mol. The van der Waals surface area contributed by atoms with Gasteiger partial charge in [-0.1, -0.05) is 28.1 Å². The SMILES string of the molecule is COc1ccc(/C=C\C(=O)Nc2ccc(Br)cc2Br)cc1.